The first-order chi connectivity index (χ1) is 9.15. The van der Waals surface area contributed by atoms with Gasteiger partial charge in [-0.1, -0.05) is 30.2 Å². The van der Waals surface area contributed by atoms with E-state index in [1.165, 1.54) is 0 Å². The van der Waals surface area contributed by atoms with Gasteiger partial charge in [0.05, 0.1) is 5.02 Å². The van der Waals surface area contributed by atoms with E-state index in [0.29, 0.717) is 17.4 Å². The zero-order chi connectivity index (χ0) is 14.1. The first-order valence-corrected chi connectivity index (χ1v) is 8.09. The molecule has 1 aromatic rings. The molecular formula is C14H20ClNO2S. The van der Waals surface area contributed by atoms with E-state index in [2.05, 4.69) is 0 Å². The Labute approximate surface area is 123 Å². The third-order valence-electron chi connectivity index (χ3n) is 2.74. The number of thioether (sulfide) groups is 1. The van der Waals surface area contributed by atoms with Crippen molar-refractivity contribution < 1.29 is 9.53 Å². The molecule has 0 heterocycles. The topological polar surface area (TPSA) is 52.3 Å². The van der Waals surface area contributed by atoms with Crippen molar-refractivity contribution in [3.05, 3.63) is 28.8 Å². The van der Waals surface area contributed by atoms with Crippen molar-refractivity contribution in [3.63, 3.8) is 0 Å². The van der Waals surface area contributed by atoms with Gasteiger partial charge in [-0.3, -0.25) is 4.79 Å². The van der Waals surface area contributed by atoms with Crippen LogP contribution in [-0.4, -0.2) is 18.1 Å². The van der Waals surface area contributed by atoms with E-state index in [4.69, 9.17) is 22.1 Å². The Kier molecular flexibility index (Phi) is 7.75. The molecule has 1 aromatic carbocycles. The van der Waals surface area contributed by atoms with E-state index in [9.17, 15) is 4.79 Å². The molecule has 0 spiro atoms. The number of hydrogen-bond donors (Lipinski definition) is 1. The molecule has 0 aliphatic heterocycles. The van der Waals surface area contributed by atoms with Crippen molar-refractivity contribution in [3.8, 4) is 5.75 Å². The lowest BCUT2D eigenvalue weighted by Crippen LogP contribution is -2.09. The number of rotatable bonds is 9. The summed E-state index contributed by atoms with van der Waals surface area (Å²) >= 11 is 7.91. The molecule has 0 bridgehead atoms. The van der Waals surface area contributed by atoms with Gasteiger partial charge in [-0.05, 0) is 37.1 Å². The van der Waals surface area contributed by atoms with Gasteiger partial charge in [-0.15, -0.1) is 11.8 Å². The van der Waals surface area contributed by atoms with Crippen LogP contribution in [0.3, 0.4) is 0 Å². The second kappa shape index (κ2) is 9.10. The molecule has 0 saturated heterocycles. The van der Waals surface area contributed by atoms with Gasteiger partial charge in [0.15, 0.2) is 0 Å². The van der Waals surface area contributed by atoms with Crippen LogP contribution in [0.1, 0.15) is 31.2 Å². The largest absolute Gasteiger partial charge is 0.481 e. The number of carbonyl (C=O) groups excluding carboxylic acids is 1. The Morgan fingerprint density at radius 2 is 2.16 bits per heavy atom. The highest BCUT2D eigenvalue weighted by molar-refractivity contribution is 7.98. The number of carbonyl (C=O) groups is 1. The molecule has 5 heteroatoms. The number of unbranched alkanes of at least 4 members (excludes halogenated alkanes) is 2. The maximum absolute atomic E-state index is 10.6. The van der Waals surface area contributed by atoms with Crippen LogP contribution in [0.15, 0.2) is 18.2 Å². The maximum Gasteiger partial charge on any atom is 0.217 e. The lowest BCUT2D eigenvalue weighted by molar-refractivity contribution is -0.118. The Bertz CT molecular complexity index is 412. The van der Waals surface area contributed by atoms with Crippen molar-refractivity contribution in [1.82, 2.24) is 0 Å². The number of hydrogen-bond acceptors (Lipinski definition) is 3. The summed E-state index contributed by atoms with van der Waals surface area (Å²) < 4.78 is 5.56. The van der Waals surface area contributed by atoms with Crippen LogP contribution in [0.4, 0.5) is 0 Å². The molecule has 0 atom stereocenters. The summed E-state index contributed by atoms with van der Waals surface area (Å²) in [5.41, 5.74) is 6.19. The van der Waals surface area contributed by atoms with E-state index in [-0.39, 0.29) is 5.91 Å². The fraction of sp³-hybridized carbons (Fsp3) is 0.500. The summed E-state index contributed by atoms with van der Waals surface area (Å²) in [5.74, 6) is 1.11. The van der Waals surface area contributed by atoms with E-state index in [0.717, 1.165) is 37.0 Å². The van der Waals surface area contributed by atoms with Crippen LogP contribution in [0, 0.1) is 0 Å². The molecule has 19 heavy (non-hydrogen) atoms. The van der Waals surface area contributed by atoms with E-state index in [1.54, 1.807) is 11.8 Å². The molecule has 0 aromatic heterocycles. The second-order valence-corrected chi connectivity index (χ2v) is 5.50. The Hall–Kier alpha value is -0.870. The van der Waals surface area contributed by atoms with Crippen LogP contribution < -0.4 is 10.5 Å². The molecule has 0 radical (unpaired) electrons. The van der Waals surface area contributed by atoms with Crippen molar-refractivity contribution in [2.24, 2.45) is 5.73 Å². The quantitative estimate of drug-likeness (QED) is 0.560. The van der Waals surface area contributed by atoms with Crippen molar-refractivity contribution in [2.75, 3.05) is 12.2 Å². The van der Waals surface area contributed by atoms with Crippen molar-refractivity contribution in [1.29, 1.82) is 0 Å². The van der Waals surface area contributed by atoms with Gasteiger partial charge in [-0.2, -0.15) is 0 Å². The minimum atomic E-state index is -0.231. The lowest BCUT2D eigenvalue weighted by atomic mass is 10.1. The summed E-state index contributed by atoms with van der Waals surface area (Å²) in [6, 6.07) is 5.86. The number of aryl methyl sites for hydroxylation is 1. The third kappa shape index (κ3) is 6.21. The molecule has 3 nitrogen and oxygen atoms in total. The predicted octanol–water partition coefficient (Wildman–Crippen LogP) is 3.63. The van der Waals surface area contributed by atoms with Crippen LogP contribution in [0.5, 0.6) is 5.75 Å². The summed E-state index contributed by atoms with van der Waals surface area (Å²) in [5, 5.41) is 0.700. The Balaban J connectivity index is 2.42. The predicted molar refractivity (Wildman–Crippen MR) is 81.8 cm³/mol. The zero-order valence-corrected chi connectivity index (χ0v) is 12.7. The molecule has 0 saturated carbocycles. The van der Waals surface area contributed by atoms with Gasteiger partial charge in [0.2, 0.25) is 5.91 Å². The highest BCUT2D eigenvalue weighted by Gasteiger charge is 2.07. The zero-order valence-electron chi connectivity index (χ0n) is 11.2. The number of primary amides is 1. The van der Waals surface area contributed by atoms with Gasteiger partial charge in [0.1, 0.15) is 11.7 Å². The highest BCUT2D eigenvalue weighted by Crippen LogP contribution is 2.29. The third-order valence-corrected chi connectivity index (χ3v) is 3.53. The number of nitrogens with two attached hydrogens (primary N) is 1. The number of halogens is 1. The smallest absolute Gasteiger partial charge is 0.217 e. The normalized spacial score (nSPS) is 10.4. The van der Waals surface area contributed by atoms with Gasteiger partial charge in [0, 0.05) is 6.42 Å². The minimum absolute atomic E-state index is 0.231. The molecule has 0 aliphatic carbocycles. The standard InChI is InChI=1S/C14H20ClNO2S/c1-19-10-18-12-8-5-7-11(14(12)15)6-3-2-4-9-13(16)17/h5,7-8H,2-4,6,9-10H2,1H3,(H2,16,17). The highest BCUT2D eigenvalue weighted by atomic mass is 35.5. The fourth-order valence-corrected chi connectivity index (χ4v) is 2.29. The molecule has 0 fully saturated rings. The van der Waals surface area contributed by atoms with Gasteiger partial charge >= 0.3 is 0 Å². The van der Waals surface area contributed by atoms with Crippen molar-refractivity contribution in [2.45, 2.75) is 32.1 Å². The first kappa shape index (κ1) is 16.2. The van der Waals surface area contributed by atoms with E-state index >= 15 is 0 Å². The Morgan fingerprint density at radius 1 is 1.37 bits per heavy atom. The molecule has 0 unspecified atom stereocenters. The van der Waals surface area contributed by atoms with Crippen LogP contribution in [-0.2, 0) is 11.2 Å². The molecular weight excluding hydrogens is 282 g/mol. The summed E-state index contributed by atoms with van der Waals surface area (Å²) in [7, 11) is 0. The Morgan fingerprint density at radius 3 is 2.84 bits per heavy atom. The number of ether oxygens (including phenoxy) is 1. The molecule has 106 valence electrons. The molecule has 2 N–H and O–H groups in total. The van der Waals surface area contributed by atoms with Gasteiger partial charge < -0.3 is 10.5 Å². The van der Waals surface area contributed by atoms with E-state index < -0.39 is 0 Å². The number of amides is 1. The molecule has 1 rings (SSSR count). The second-order valence-electron chi connectivity index (χ2n) is 4.31. The average Bonchev–Trinajstić information content (AvgIpc) is 2.38. The average molecular weight is 302 g/mol. The maximum atomic E-state index is 10.6. The van der Waals surface area contributed by atoms with Gasteiger partial charge in [-0.25, -0.2) is 0 Å². The lowest BCUT2D eigenvalue weighted by Gasteiger charge is -2.10. The summed E-state index contributed by atoms with van der Waals surface area (Å²) in [6.45, 7) is 0. The van der Waals surface area contributed by atoms with Crippen LogP contribution in [0.25, 0.3) is 0 Å². The fourth-order valence-electron chi connectivity index (χ4n) is 1.77. The minimum Gasteiger partial charge on any atom is -0.481 e. The monoisotopic (exact) mass is 301 g/mol. The van der Waals surface area contributed by atoms with E-state index in [1.807, 2.05) is 24.5 Å². The number of benzene rings is 1. The SMILES string of the molecule is CSCOc1cccc(CCCCCC(N)=O)c1Cl. The van der Waals surface area contributed by atoms with Crippen LogP contribution in [0.2, 0.25) is 5.02 Å². The molecule has 0 aliphatic rings. The van der Waals surface area contributed by atoms with Crippen molar-refractivity contribution >= 4 is 29.3 Å². The molecule has 1 amide bonds. The van der Waals surface area contributed by atoms with Crippen LogP contribution >= 0.6 is 23.4 Å². The summed E-state index contributed by atoms with van der Waals surface area (Å²) in [4.78, 5) is 10.6. The van der Waals surface area contributed by atoms with Gasteiger partial charge in [0.25, 0.3) is 0 Å². The summed E-state index contributed by atoms with van der Waals surface area (Å²) in [6.07, 6.45) is 6.17. The first-order valence-electron chi connectivity index (χ1n) is 6.32.